The van der Waals surface area contributed by atoms with Gasteiger partial charge in [-0.1, -0.05) is 26.8 Å². The van der Waals surface area contributed by atoms with Crippen LogP contribution in [0.2, 0.25) is 0 Å². The molecule has 1 aromatic heterocycles. The van der Waals surface area contributed by atoms with Crippen molar-refractivity contribution in [1.29, 1.82) is 0 Å². The van der Waals surface area contributed by atoms with Gasteiger partial charge in [0.15, 0.2) is 0 Å². The zero-order valence-electron chi connectivity index (χ0n) is 12.0. The molecule has 20 heavy (non-hydrogen) atoms. The van der Waals surface area contributed by atoms with Gasteiger partial charge in [0.05, 0.1) is 7.11 Å². The Morgan fingerprint density at radius 1 is 1.35 bits per heavy atom. The fourth-order valence-corrected chi connectivity index (χ4v) is 1.59. The van der Waals surface area contributed by atoms with Crippen LogP contribution in [-0.2, 0) is 5.41 Å². The van der Waals surface area contributed by atoms with Gasteiger partial charge in [-0.25, -0.2) is 4.98 Å². The number of anilines is 1. The second-order valence-electron chi connectivity index (χ2n) is 5.44. The predicted molar refractivity (Wildman–Crippen MR) is 76.0 cm³/mol. The molecule has 0 saturated heterocycles. The minimum atomic E-state index is -0.356. The number of aromatic nitrogens is 3. The van der Waals surface area contributed by atoms with E-state index >= 15 is 0 Å². The average Bonchev–Trinajstić information content (AvgIpc) is 2.88. The molecule has 1 amide bonds. The van der Waals surface area contributed by atoms with Gasteiger partial charge in [0.2, 0.25) is 5.82 Å². The lowest BCUT2D eigenvalue weighted by atomic mass is 9.96. The van der Waals surface area contributed by atoms with Gasteiger partial charge in [-0.15, -0.1) is 5.10 Å². The minimum absolute atomic E-state index is 0.123. The van der Waals surface area contributed by atoms with Crippen LogP contribution in [0.15, 0.2) is 24.3 Å². The van der Waals surface area contributed by atoms with Crippen LogP contribution in [0, 0.1) is 0 Å². The number of methoxy groups -OCH3 is 1. The number of hydrogen-bond donors (Lipinski definition) is 2. The standard InChI is InChI=1S/C14H18N4O2/c1-14(2,3)13-16-11(17-18-13)12(19)15-9-6-5-7-10(8-9)20-4/h5-8H,1-4H3,(H,15,19)(H,16,17,18). The van der Waals surface area contributed by atoms with E-state index in [0.717, 1.165) is 0 Å². The third-order valence-corrected chi connectivity index (χ3v) is 2.73. The molecule has 0 aliphatic carbocycles. The Bertz CT molecular complexity index is 614. The molecule has 0 saturated carbocycles. The molecule has 0 spiro atoms. The highest BCUT2D eigenvalue weighted by Gasteiger charge is 2.21. The molecule has 2 aromatic rings. The van der Waals surface area contributed by atoms with Crippen molar-refractivity contribution in [3.05, 3.63) is 35.9 Å². The van der Waals surface area contributed by atoms with Crippen LogP contribution < -0.4 is 10.1 Å². The molecular formula is C14H18N4O2. The first-order valence-electron chi connectivity index (χ1n) is 6.28. The Balaban J connectivity index is 2.13. The zero-order valence-corrected chi connectivity index (χ0v) is 12.0. The topological polar surface area (TPSA) is 79.9 Å². The molecule has 1 aromatic carbocycles. The monoisotopic (exact) mass is 274 g/mol. The zero-order chi connectivity index (χ0) is 14.8. The van der Waals surface area contributed by atoms with Crippen molar-refractivity contribution in [2.24, 2.45) is 0 Å². The van der Waals surface area contributed by atoms with Crippen molar-refractivity contribution in [2.75, 3.05) is 12.4 Å². The largest absolute Gasteiger partial charge is 0.497 e. The summed E-state index contributed by atoms with van der Waals surface area (Å²) in [4.78, 5) is 16.3. The van der Waals surface area contributed by atoms with Crippen molar-refractivity contribution >= 4 is 11.6 Å². The summed E-state index contributed by atoms with van der Waals surface area (Å²) in [5.41, 5.74) is 0.457. The van der Waals surface area contributed by atoms with Gasteiger partial charge >= 0.3 is 0 Å². The van der Waals surface area contributed by atoms with E-state index in [1.807, 2.05) is 20.8 Å². The van der Waals surface area contributed by atoms with Crippen molar-refractivity contribution in [3.8, 4) is 5.75 Å². The molecule has 6 nitrogen and oxygen atoms in total. The van der Waals surface area contributed by atoms with Gasteiger partial charge in [0, 0.05) is 17.2 Å². The van der Waals surface area contributed by atoms with Crippen LogP contribution in [0.3, 0.4) is 0 Å². The van der Waals surface area contributed by atoms with Crippen LogP contribution in [-0.4, -0.2) is 28.2 Å². The Hall–Kier alpha value is -2.37. The number of amides is 1. The third kappa shape index (κ3) is 3.14. The predicted octanol–water partition coefficient (Wildman–Crippen LogP) is 2.36. The Morgan fingerprint density at radius 2 is 2.10 bits per heavy atom. The van der Waals surface area contributed by atoms with Gasteiger partial charge in [0.1, 0.15) is 11.6 Å². The van der Waals surface area contributed by atoms with Gasteiger partial charge in [-0.3, -0.25) is 9.89 Å². The molecule has 1 heterocycles. The Morgan fingerprint density at radius 3 is 2.70 bits per heavy atom. The SMILES string of the molecule is COc1cccc(NC(=O)c2n[nH]c(C(C)(C)C)n2)c1. The number of aromatic amines is 1. The van der Waals surface area contributed by atoms with Crippen LogP contribution >= 0.6 is 0 Å². The first kappa shape index (κ1) is 14.0. The number of ether oxygens (including phenoxy) is 1. The molecule has 2 rings (SSSR count). The highest BCUT2D eigenvalue weighted by molar-refractivity contribution is 6.01. The molecule has 0 radical (unpaired) electrons. The number of carbonyl (C=O) groups is 1. The van der Waals surface area contributed by atoms with E-state index in [4.69, 9.17) is 4.74 Å². The molecule has 0 aliphatic heterocycles. The van der Waals surface area contributed by atoms with Gasteiger partial charge < -0.3 is 10.1 Å². The summed E-state index contributed by atoms with van der Waals surface area (Å²) >= 11 is 0. The summed E-state index contributed by atoms with van der Waals surface area (Å²) in [6.45, 7) is 5.99. The summed E-state index contributed by atoms with van der Waals surface area (Å²) in [5.74, 6) is 1.12. The number of rotatable bonds is 3. The first-order valence-corrected chi connectivity index (χ1v) is 6.28. The lowest BCUT2D eigenvalue weighted by Crippen LogP contribution is -2.16. The normalized spacial score (nSPS) is 11.2. The fraction of sp³-hybridized carbons (Fsp3) is 0.357. The van der Waals surface area contributed by atoms with Crippen molar-refractivity contribution < 1.29 is 9.53 Å². The van der Waals surface area contributed by atoms with E-state index in [1.165, 1.54) is 0 Å². The lowest BCUT2D eigenvalue weighted by molar-refractivity contribution is 0.101. The van der Waals surface area contributed by atoms with E-state index in [9.17, 15) is 4.79 Å². The molecule has 2 N–H and O–H groups in total. The molecule has 0 aliphatic rings. The number of nitrogens with one attached hydrogen (secondary N) is 2. The smallest absolute Gasteiger partial charge is 0.295 e. The second-order valence-corrected chi connectivity index (χ2v) is 5.44. The van der Waals surface area contributed by atoms with Gasteiger partial charge in [-0.05, 0) is 12.1 Å². The molecule has 6 heteroatoms. The van der Waals surface area contributed by atoms with E-state index in [-0.39, 0.29) is 17.1 Å². The van der Waals surface area contributed by atoms with Gasteiger partial charge in [-0.2, -0.15) is 0 Å². The van der Waals surface area contributed by atoms with E-state index in [1.54, 1.807) is 31.4 Å². The maximum atomic E-state index is 12.1. The van der Waals surface area contributed by atoms with Gasteiger partial charge in [0.25, 0.3) is 5.91 Å². The minimum Gasteiger partial charge on any atom is -0.497 e. The molecule has 0 bridgehead atoms. The maximum absolute atomic E-state index is 12.1. The molecule has 0 fully saturated rings. The summed E-state index contributed by atoms with van der Waals surface area (Å²) in [5, 5.41) is 9.46. The van der Waals surface area contributed by atoms with Crippen molar-refractivity contribution in [3.63, 3.8) is 0 Å². The second kappa shape index (κ2) is 5.32. The number of hydrogen-bond acceptors (Lipinski definition) is 4. The van der Waals surface area contributed by atoms with E-state index in [0.29, 0.717) is 17.3 Å². The number of H-pyrrole nitrogens is 1. The van der Waals surface area contributed by atoms with Crippen molar-refractivity contribution in [1.82, 2.24) is 15.2 Å². The van der Waals surface area contributed by atoms with Crippen LogP contribution in [0.1, 0.15) is 37.2 Å². The summed E-state index contributed by atoms with van der Waals surface area (Å²) in [6, 6.07) is 7.11. The molecular weight excluding hydrogens is 256 g/mol. The Labute approximate surface area is 117 Å². The summed E-state index contributed by atoms with van der Waals surface area (Å²) in [6.07, 6.45) is 0. The number of carbonyl (C=O) groups excluding carboxylic acids is 1. The summed E-state index contributed by atoms with van der Waals surface area (Å²) < 4.78 is 5.10. The number of benzene rings is 1. The maximum Gasteiger partial charge on any atom is 0.295 e. The van der Waals surface area contributed by atoms with E-state index in [2.05, 4.69) is 20.5 Å². The van der Waals surface area contributed by atoms with Crippen molar-refractivity contribution in [2.45, 2.75) is 26.2 Å². The molecule has 0 atom stereocenters. The Kier molecular flexibility index (Phi) is 3.74. The summed E-state index contributed by atoms with van der Waals surface area (Å²) in [7, 11) is 1.58. The highest BCUT2D eigenvalue weighted by atomic mass is 16.5. The average molecular weight is 274 g/mol. The fourth-order valence-electron chi connectivity index (χ4n) is 1.59. The highest BCUT2D eigenvalue weighted by Crippen LogP contribution is 2.19. The quantitative estimate of drug-likeness (QED) is 0.900. The lowest BCUT2D eigenvalue weighted by Gasteiger charge is -2.12. The van der Waals surface area contributed by atoms with Crippen LogP contribution in [0.25, 0.3) is 0 Å². The molecule has 0 unspecified atom stereocenters. The van der Waals surface area contributed by atoms with Crippen LogP contribution in [0.4, 0.5) is 5.69 Å². The van der Waals surface area contributed by atoms with Crippen LogP contribution in [0.5, 0.6) is 5.75 Å². The number of nitrogens with zero attached hydrogens (tertiary/aromatic N) is 2. The molecule has 106 valence electrons. The third-order valence-electron chi connectivity index (χ3n) is 2.73. The first-order chi connectivity index (χ1) is 9.40. The van der Waals surface area contributed by atoms with E-state index < -0.39 is 0 Å².